The molecule has 5 rings (SSSR count). The molecule has 0 spiro atoms. The van der Waals surface area contributed by atoms with Crippen molar-refractivity contribution in [3.63, 3.8) is 0 Å². The highest BCUT2D eigenvalue weighted by molar-refractivity contribution is 5.90. The maximum absolute atomic E-state index is 13.0. The number of aromatic nitrogens is 1. The summed E-state index contributed by atoms with van der Waals surface area (Å²) in [5.74, 6) is 0. The first-order valence-electron chi connectivity index (χ1n) is 10.1. The van der Waals surface area contributed by atoms with E-state index in [1.54, 1.807) is 12.1 Å². The molecule has 0 amide bonds. The Morgan fingerprint density at radius 2 is 1.97 bits per heavy atom. The van der Waals surface area contributed by atoms with Gasteiger partial charge in [-0.05, 0) is 67.7 Å². The van der Waals surface area contributed by atoms with Gasteiger partial charge in [0.2, 0.25) is 0 Å². The van der Waals surface area contributed by atoms with Gasteiger partial charge in [0.1, 0.15) is 0 Å². The third kappa shape index (κ3) is 3.27. The quantitative estimate of drug-likeness (QED) is 0.535. The number of piperidine rings is 1. The van der Waals surface area contributed by atoms with Gasteiger partial charge >= 0.3 is 6.18 Å². The van der Waals surface area contributed by atoms with Gasteiger partial charge < -0.3 is 9.88 Å². The van der Waals surface area contributed by atoms with Crippen LogP contribution in [0.5, 0.6) is 0 Å². The Kier molecular flexibility index (Phi) is 4.32. The van der Waals surface area contributed by atoms with Crippen LogP contribution in [0.25, 0.3) is 23.2 Å². The van der Waals surface area contributed by atoms with Gasteiger partial charge in [0.15, 0.2) is 0 Å². The normalized spacial score (nSPS) is 21.7. The van der Waals surface area contributed by atoms with Gasteiger partial charge in [-0.2, -0.15) is 13.2 Å². The minimum absolute atomic E-state index is 0.366. The molecular formula is C24H23F3N2. The highest BCUT2D eigenvalue weighted by atomic mass is 19.4. The smallest absolute Gasteiger partial charge is 0.320 e. The molecule has 5 heteroatoms. The van der Waals surface area contributed by atoms with Gasteiger partial charge in [0, 0.05) is 35.8 Å². The predicted molar refractivity (Wildman–Crippen MR) is 111 cm³/mol. The summed E-state index contributed by atoms with van der Waals surface area (Å²) >= 11 is 0. The van der Waals surface area contributed by atoms with Crippen molar-refractivity contribution in [1.29, 1.82) is 0 Å². The van der Waals surface area contributed by atoms with Gasteiger partial charge in [-0.25, -0.2) is 0 Å². The van der Waals surface area contributed by atoms with Gasteiger partial charge in [-0.3, -0.25) is 0 Å². The lowest BCUT2D eigenvalue weighted by atomic mass is 9.84. The molecule has 2 bridgehead atoms. The first-order chi connectivity index (χ1) is 13.9. The van der Waals surface area contributed by atoms with Crippen LogP contribution in [0.3, 0.4) is 0 Å². The second-order valence-electron chi connectivity index (χ2n) is 8.24. The summed E-state index contributed by atoms with van der Waals surface area (Å²) in [7, 11) is 0. The number of nitrogens with one attached hydrogen (secondary N) is 1. The summed E-state index contributed by atoms with van der Waals surface area (Å²) in [4.78, 5) is 0. The Morgan fingerprint density at radius 3 is 2.79 bits per heavy atom. The average Bonchev–Trinajstić information content (AvgIpc) is 2.98. The molecule has 1 saturated heterocycles. The van der Waals surface area contributed by atoms with Gasteiger partial charge in [0.25, 0.3) is 0 Å². The Labute approximate surface area is 168 Å². The molecule has 0 saturated carbocycles. The molecule has 1 N–H and O–H groups in total. The average molecular weight is 396 g/mol. The van der Waals surface area contributed by atoms with Crippen LogP contribution in [0.1, 0.15) is 53.3 Å². The highest BCUT2D eigenvalue weighted by Crippen LogP contribution is 2.41. The minimum Gasteiger partial charge on any atom is -0.320 e. The van der Waals surface area contributed by atoms with Crippen molar-refractivity contribution in [2.45, 2.75) is 50.9 Å². The van der Waals surface area contributed by atoms with Gasteiger partial charge in [0.05, 0.1) is 11.1 Å². The third-order valence-corrected chi connectivity index (χ3v) is 6.20. The molecule has 0 unspecified atom stereocenters. The maximum atomic E-state index is 13.0. The molecule has 2 aliphatic heterocycles. The van der Waals surface area contributed by atoms with Crippen LogP contribution < -0.4 is 5.32 Å². The van der Waals surface area contributed by atoms with Crippen molar-refractivity contribution in [3.05, 3.63) is 70.4 Å². The standard InChI is InChI=1S/C24H23F3N2/c1-15-8-9-21-19(12-15)23-20-7-3-6-18(28-20)14-22(23)29(21)11-10-16-4-2-5-17(13-16)24(25,26)27/h2,4-5,8-13,18,20,28H,3,6-7,14H2,1H3/b11-10+/t18-,20-/m1/s1. The second-order valence-corrected chi connectivity index (χ2v) is 8.24. The van der Waals surface area contributed by atoms with Crippen LogP contribution in [-0.4, -0.2) is 10.6 Å². The zero-order chi connectivity index (χ0) is 20.2. The predicted octanol–water partition coefficient (Wildman–Crippen LogP) is 6.34. The molecule has 1 aromatic heterocycles. The van der Waals surface area contributed by atoms with E-state index in [1.807, 2.05) is 6.20 Å². The van der Waals surface area contributed by atoms with Crippen molar-refractivity contribution in [2.24, 2.45) is 0 Å². The lowest BCUT2D eigenvalue weighted by Crippen LogP contribution is -2.42. The number of fused-ring (bicyclic) bond motifs is 6. The fourth-order valence-electron chi connectivity index (χ4n) is 4.89. The van der Waals surface area contributed by atoms with Crippen LogP contribution >= 0.6 is 0 Å². The van der Waals surface area contributed by atoms with Crippen LogP contribution in [0.15, 0.2) is 42.5 Å². The van der Waals surface area contributed by atoms with Crippen molar-refractivity contribution in [3.8, 4) is 0 Å². The molecule has 1 fully saturated rings. The maximum Gasteiger partial charge on any atom is 0.416 e. The van der Waals surface area contributed by atoms with E-state index in [0.29, 0.717) is 17.6 Å². The van der Waals surface area contributed by atoms with E-state index >= 15 is 0 Å². The summed E-state index contributed by atoms with van der Waals surface area (Å²) in [6.07, 6.45) is 3.89. The van der Waals surface area contributed by atoms with E-state index in [-0.39, 0.29) is 0 Å². The fourth-order valence-corrected chi connectivity index (χ4v) is 4.89. The van der Waals surface area contributed by atoms with E-state index in [1.165, 1.54) is 47.2 Å². The molecule has 3 aromatic rings. The summed E-state index contributed by atoms with van der Waals surface area (Å²) in [5, 5.41) is 5.03. The molecular weight excluding hydrogens is 373 g/mol. The molecule has 0 aliphatic carbocycles. The number of nitrogens with zero attached hydrogens (tertiary/aromatic N) is 1. The summed E-state index contributed by atoms with van der Waals surface area (Å²) in [5.41, 5.74) is 4.94. The highest BCUT2D eigenvalue weighted by Gasteiger charge is 2.34. The van der Waals surface area contributed by atoms with Crippen LogP contribution in [0.2, 0.25) is 0 Å². The lowest BCUT2D eigenvalue weighted by Gasteiger charge is -2.36. The zero-order valence-corrected chi connectivity index (χ0v) is 16.3. The number of hydrogen-bond donors (Lipinski definition) is 1. The lowest BCUT2D eigenvalue weighted by molar-refractivity contribution is -0.137. The third-order valence-electron chi connectivity index (χ3n) is 6.20. The van der Waals surface area contributed by atoms with Crippen molar-refractivity contribution >= 4 is 23.2 Å². The van der Waals surface area contributed by atoms with Gasteiger partial charge in [-0.1, -0.05) is 23.8 Å². The van der Waals surface area contributed by atoms with Crippen molar-refractivity contribution in [2.75, 3.05) is 0 Å². The summed E-state index contributed by atoms with van der Waals surface area (Å²) in [6.45, 7) is 2.10. The number of hydrogen-bond acceptors (Lipinski definition) is 1. The number of halogens is 3. The van der Waals surface area contributed by atoms with E-state index in [4.69, 9.17) is 0 Å². The Hall–Kier alpha value is -2.53. The molecule has 3 heterocycles. The molecule has 150 valence electrons. The van der Waals surface area contributed by atoms with E-state index in [9.17, 15) is 13.2 Å². The van der Waals surface area contributed by atoms with E-state index in [2.05, 4.69) is 35.0 Å². The molecule has 2 nitrogen and oxygen atoms in total. The number of alkyl halides is 3. The summed E-state index contributed by atoms with van der Waals surface area (Å²) in [6, 6.07) is 12.8. The SMILES string of the molecule is Cc1ccc2c(c1)c1c(n2/C=C/c2cccc(C(F)(F)F)c2)C[C@H]2CCC[C@H]1N2. The molecule has 2 aromatic carbocycles. The number of benzene rings is 2. The molecule has 2 aliphatic rings. The first kappa shape index (κ1) is 18.5. The fraction of sp³-hybridized carbons (Fsp3) is 0.333. The molecule has 2 atom stereocenters. The Bertz CT molecular complexity index is 1110. The monoisotopic (exact) mass is 396 g/mol. The first-order valence-corrected chi connectivity index (χ1v) is 10.1. The van der Waals surface area contributed by atoms with Crippen LogP contribution in [0.4, 0.5) is 13.2 Å². The Balaban J connectivity index is 1.63. The largest absolute Gasteiger partial charge is 0.416 e. The Morgan fingerprint density at radius 1 is 1.10 bits per heavy atom. The minimum atomic E-state index is -4.33. The van der Waals surface area contributed by atoms with E-state index < -0.39 is 11.7 Å². The summed E-state index contributed by atoms with van der Waals surface area (Å²) < 4.78 is 41.3. The number of aryl methyl sites for hydroxylation is 1. The van der Waals surface area contributed by atoms with Gasteiger partial charge in [-0.15, -0.1) is 0 Å². The van der Waals surface area contributed by atoms with Crippen molar-refractivity contribution in [1.82, 2.24) is 9.88 Å². The van der Waals surface area contributed by atoms with Crippen LogP contribution in [0, 0.1) is 6.92 Å². The van der Waals surface area contributed by atoms with Crippen LogP contribution in [-0.2, 0) is 12.6 Å². The number of rotatable bonds is 2. The van der Waals surface area contributed by atoms with E-state index in [0.717, 1.165) is 24.4 Å². The molecule has 29 heavy (non-hydrogen) atoms. The molecule has 0 radical (unpaired) electrons. The van der Waals surface area contributed by atoms with Crippen molar-refractivity contribution < 1.29 is 13.2 Å². The second kappa shape index (κ2) is 6.77. The zero-order valence-electron chi connectivity index (χ0n) is 16.3. The topological polar surface area (TPSA) is 17.0 Å².